The number of fused-ring (bicyclic) bond motifs is 8. The summed E-state index contributed by atoms with van der Waals surface area (Å²) in [5, 5.41) is 2.50. The predicted molar refractivity (Wildman–Crippen MR) is 226 cm³/mol. The molecule has 0 aromatic heterocycles. The fourth-order valence-corrected chi connectivity index (χ4v) is 8.95. The molecule has 0 atom stereocenters. The van der Waals surface area contributed by atoms with Crippen LogP contribution < -0.4 is 0 Å². The van der Waals surface area contributed by atoms with Crippen molar-refractivity contribution in [3.63, 3.8) is 0 Å². The highest BCUT2D eigenvalue weighted by atomic mass is 14.9. The number of benzene rings is 8. The van der Waals surface area contributed by atoms with Gasteiger partial charge in [-0.15, -0.1) is 0 Å². The molecule has 8 aromatic carbocycles. The second kappa shape index (κ2) is 12.9. The Hall–Kier alpha value is -6.90. The summed E-state index contributed by atoms with van der Waals surface area (Å²) in [5.41, 5.74) is 16.2. The normalized spacial score (nSPS) is 13.9. The van der Waals surface area contributed by atoms with Gasteiger partial charge in [-0.25, -0.2) is 9.98 Å². The Balaban J connectivity index is 1.15. The van der Waals surface area contributed by atoms with Crippen LogP contribution in [-0.4, -0.2) is 12.6 Å². The molecule has 1 spiro atoms. The first-order chi connectivity index (χ1) is 26.7. The van der Waals surface area contributed by atoms with E-state index < -0.39 is 5.41 Å². The van der Waals surface area contributed by atoms with Gasteiger partial charge in [0, 0.05) is 11.1 Å². The summed E-state index contributed by atoms with van der Waals surface area (Å²) >= 11 is 0. The van der Waals surface area contributed by atoms with Crippen molar-refractivity contribution in [3.05, 3.63) is 233 Å². The van der Waals surface area contributed by atoms with Crippen molar-refractivity contribution < 1.29 is 0 Å². The lowest BCUT2D eigenvalue weighted by atomic mass is 9.68. The second-order valence-electron chi connectivity index (χ2n) is 14.1. The zero-order valence-electron chi connectivity index (χ0n) is 29.8. The Morgan fingerprint density at radius 1 is 0.444 bits per heavy atom. The SMILES string of the molecule is C=NC(=NC1=C(Cc2cccc3ccccc23)C2(c3ccccc31)c1ccccc1-c1ccccc12)c1ccc(-c2ccc(-c3ccccc3)cc2)cc1. The van der Waals surface area contributed by atoms with Gasteiger partial charge in [0.25, 0.3) is 0 Å². The van der Waals surface area contributed by atoms with Gasteiger partial charge in [-0.05, 0) is 85.1 Å². The summed E-state index contributed by atoms with van der Waals surface area (Å²) in [5.74, 6) is 0.609. The summed E-state index contributed by atoms with van der Waals surface area (Å²) in [7, 11) is 0. The van der Waals surface area contributed by atoms with E-state index in [1.165, 1.54) is 60.9 Å². The number of hydrogen-bond acceptors (Lipinski definition) is 1. The van der Waals surface area contributed by atoms with Crippen LogP contribution in [0.4, 0.5) is 0 Å². The van der Waals surface area contributed by atoms with Crippen LogP contribution >= 0.6 is 0 Å². The zero-order chi connectivity index (χ0) is 36.1. The van der Waals surface area contributed by atoms with Crippen molar-refractivity contribution in [3.8, 4) is 33.4 Å². The van der Waals surface area contributed by atoms with E-state index >= 15 is 0 Å². The maximum Gasteiger partial charge on any atom is 0.159 e. The molecule has 2 aliphatic carbocycles. The van der Waals surface area contributed by atoms with Gasteiger partial charge in [0.1, 0.15) is 0 Å². The summed E-state index contributed by atoms with van der Waals surface area (Å²) in [6.07, 6.45) is 0.722. The number of allylic oxidation sites excluding steroid dienone is 1. The van der Waals surface area contributed by atoms with Crippen molar-refractivity contribution >= 4 is 29.0 Å². The Morgan fingerprint density at radius 3 is 1.56 bits per heavy atom. The van der Waals surface area contributed by atoms with Crippen LogP contribution in [0, 0.1) is 0 Å². The maximum atomic E-state index is 5.54. The largest absolute Gasteiger partial charge is 0.245 e. The molecular formula is C52H36N2. The predicted octanol–water partition coefficient (Wildman–Crippen LogP) is 12.6. The van der Waals surface area contributed by atoms with Gasteiger partial charge in [0.15, 0.2) is 5.84 Å². The van der Waals surface area contributed by atoms with Crippen molar-refractivity contribution in [1.82, 2.24) is 0 Å². The number of nitrogens with zero attached hydrogens (tertiary/aromatic N) is 2. The molecule has 0 unspecified atom stereocenters. The van der Waals surface area contributed by atoms with E-state index in [4.69, 9.17) is 4.99 Å². The average Bonchev–Trinajstić information content (AvgIpc) is 3.70. The lowest BCUT2D eigenvalue weighted by Crippen LogP contribution is -2.28. The van der Waals surface area contributed by atoms with Crippen molar-refractivity contribution in [2.45, 2.75) is 11.8 Å². The molecule has 2 nitrogen and oxygen atoms in total. The van der Waals surface area contributed by atoms with Gasteiger partial charge in [0.2, 0.25) is 0 Å². The molecule has 0 fully saturated rings. The molecule has 0 saturated carbocycles. The Kier molecular flexibility index (Phi) is 7.63. The second-order valence-corrected chi connectivity index (χ2v) is 14.1. The van der Waals surface area contributed by atoms with Crippen LogP contribution in [0.5, 0.6) is 0 Å². The number of aliphatic imine (C=N–C) groups is 2. The number of amidine groups is 1. The van der Waals surface area contributed by atoms with E-state index in [0.29, 0.717) is 5.84 Å². The standard InChI is InChI=1S/C52H36N2/c1-53-51(40-32-30-38(31-33-40)37-28-26-36(27-29-37)35-14-3-2-4-15-35)54-50-45-22-9-12-25-48(45)52(46-23-10-7-20-43(46)44-21-8-11-24-47(44)52)49(50)34-41-18-13-17-39-16-5-6-19-42(39)41/h2-33H,1,34H2. The van der Waals surface area contributed by atoms with Crippen molar-refractivity contribution in [2.75, 3.05) is 0 Å². The first-order valence-electron chi connectivity index (χ1n) is 18.6. The van der Waals surface area contributed by atoms with Crippen LogP contribution in [0.2, 0.25) is 0 Å². The maximum absolute atomic E-state index is 5.54. The number of rotatable bonds is 6. The molecule has 2 aliphatic rings. The van der Waals surface area contributed by atoms with Crippen LogP contribution in [0.1, 0.15) is 33.4 Å². The third kappa shape index (κ3) is 4.95. The first-order valence-corrected chi connectivity index (χ1v) is 18.6. The highest BCUT2D eigenvalue weighted by Crippen LogP contribution is 2.62. The van der Waals surface area contributed by atoms with Gasteiger partial charge >= 0.3 is 0 Å². The van der Waals surface area contributed by atoms with E-state index in [9.17, 15) is 0 Å². The quantitative estimate of drug-likeness (QED) is 0.123. The molecule has 10 rings (SSSR count). The van der Waals surface area contributed by atoms with E-state index in [2.05, 4.69) is 200 Å². The van der Waals surface area contributed by atoms with E-state index in [1.54, 1.807) is 0 Å². The van der Waals surface area contributed by atoms with Gasteiger partial charge in [-0.1, -0.05) is 194 Å². The molecule has 0 amide bonds. The molecule has 2 heteroatoms. The summed E-state index contributed by atoms with van der Waals surface area (Å²) < 4.78 is 0. The molecule has 0 radical (unpaired) electrons. The lowest BCUT2D eigenvalue weighted by molar-refractivity contribution is 0.741. The molecule has 0 heterocycles. The third-order valence-electron chi connectivity index (χ3n) is 11.4. The number of hydrogen-bond donors (Lipinski definition) is 0. The van der Waals surface area contributed by atoms with Gasteiger partial charge in [0.05, 0.1) is 11.1 Å². The summed E-state index contributed by atoms with van der Waals surface area (Å²) in [4.78, 5) is 10.1. The van der Waals surface area contributed by atoms with Crippen molar-refractivity contribution in [2.24, 2.45) is 9.98 Å². The third-order valence-corrected chi connectivity index (χ3v) is 11.4. The fourth-order valence-electron chi connectivity index (χ4n) is 8.95. The van der Waals surface area contributed by atoms with Crippen LogP contribution in [0.3, 0.4) is 0 Å². The van der Waals surface area contributed by atoms with E-state index in [0.717, 1.165) is 34.4 Å². The minimum Gasteiger partial charge on any atom is -0.245 e. The smallest absolute Gasteiger partial charge is 0.159 e. The average molecular weight is 689 g/mol. The molecule has 0 N–H and O–H groups in total. The summed E-state index contributed by atoms with van der Waals surface area (Å²) in [6.45, 7) is 4.06. The Bertz CT molecular complexity index is 2740. The first kappa shape index (κ1) is 31.8. The van der Waals surface area contributed by atoms with Crippen LogP contribution in [0.25, 0.3) is 49.9 Å². The molecule has 0 bridgehead atoms. The van der Waals surface area contributed by atoms with Gasteiger partial charge in [-0.2, -0.15) is 0 Å². The van der Waals surface area contributed by atoms with Crippen LogP contribution in [0.15, 0.2) is 210 Å². The highest BCUT2D eigenvalue weighted by molar-refractivity contribution is 6.06. The topological polar surface area (TPSA) is 24.7 Å². The highest BCUT2D eigenvalue weighted by Gasteiger charge is 2.53. The Morgan fingerprint density at radius 2 is 0.926 bits per heavy atom. The minimum absolute atomic E-state index is 0.512. The minimum atomic E-state index is -0.512. The van der Waals surface area contributed by atoms with Crippen molar-refractivity contribution in [1.29, 1.82) is 0 Å². The summed E-state index contributed by atoms with van der Waals surface area (Å²) in [6, 6.07) is 69.9. The van der Waals surface area contributed by atoms with E-state index in [-0.39, 0.29) is 0 Å². The molecular weight excluding hydrogens is 653 g/mol. The zero-order valence-corrected chi connectivity index (χ0v) is 29.8. The molecule has 54 heavy (non-hydrogen) atoms. The molecule has 0 saturated heterocycles. The van der Waals surface area contributed by atoms with Gasteiger partial charge < -0.3 is 0 Å². The van der Waals surface area contributed by atoms with E-state index in [1.807, 2.05) is 6.07 Å². The fraction of sp³-hybridized carbons (Fsp3) is 0.0385. The molecule has 254 valence electrons. The van der Waals surface area contributed by atoms with Crippen LogP contribution in [-0.2, 0) is 11.8 Å². The Labute approximate surface area is 316 Å². The lowest BCUT2D eigenvalue weighted by Gasteiger charge is -2.33. The molecule has 0 aliphatic heterocycles. The monoisotopic (exact) mass is 688 g/mol. The van der Waals surface area contributed by atoms with Gasteiger partial charge in [-0.3, -0.25) is 0 Å². The molecule has 8 aromatic rings.